The lowest BCUT2D eigenvalue weighted by molar-refractivity contribution is -0.121. The fraction of sp³-hybridized carbons (Fsp3) is 0.348. The Bertz CT molecular complexity index is 907. The number of nitrogens with two attached hydrogens (primary N) is 1. The van der Waals surface area contributed by atoms with Crippen LogP contribution in [0.5, 0.6) is 0 Å². The third-order valence-electron chi connectivity index (χ3n) is 5.48. The number of para-hydroxylation sites is 1. The molecule has 6 nitrogen and oxygen atoms in total. The highest BCUT2D eigenvalue weighted by Gasteiger charge is 2.22. The highest BCUT2D eigenvalue weighted by molar-refractivity contribution is 5.98. The molecule has 2 aromatic rings. The van der Waals surface area contributed by atoms with E-state index in [4.69, 9.17) is 10.5 Å². The lowest BCUT2D eigenvalue weighted by Gasteiger charge is -2.23. The normalized spacial score (nSPS) is 10.5. The molecule has 0 aliphatic heterocycles. The molecule has 0 heterocycles. The Morgan fingerprint density at radius 1 is 0.862 bits per heavy atom. The number of primary amides is 1. The van der Waals surface area contributed by atoms with Gasteiger partial charge in [-0.15, -0.1) is 0 Å². The van der Waals surface area contributed by atoms with Gasteiger partial charge in [-0.2, -0.15) is 0 Å². The number of hydrogen-bond donors (Lipinski definition) is 1. The van der Waals surface area contributed by atoms with Gasteiger partial charge in [-0.05, 0) is 74.6 Å². The summed E-state index contributed by atoms with van der Waals surface area (Å²) in [6, 6.07) is 8.91. The maximum absolute atomic E-state index is 12.8. The molecule has 0 aromatic heterocycles. The summed E-state index contributed by atoms with van der Waals surface area (Å²) in [5.41, 5.74) is 11.3. The Kier molecular flexibility index (Phi) is 7.15. The first-order valence-electron chi connectivity index (χ1n) is 9.53. The minimum Gasteiger partial charge on any atom is -0.452 e. The van der Waals surface area contributed by atoms with Crippen molar-refractivity contribution in [2.45, 2.75) is 41.0 Å². The van der Waals surface area contributed by atoms with Crippen LogP contribution in [0.4, 0.5) is 5.69 Å². The third kappa shape index (κ3) is 5.02. The second-order valence-corrected chi connectivity index (χ2v) is 7.17. The van der Waals surface area contributed by atoms with Gasteiger partial charge in [0.05, 0.1) is 5.56 Å². The molecule has 0 unspecified atom stereocenters. The van der Waals surface area contributed by atoms with E-state index < -0.39 is 24.4 Å². The molecule has 2 aromatic carbocycles. The van der Waals surface area contributed by atoms with E-state index in [9.17, 15) is 14.4 Å². The van der Waals surface area contributed by atoms with Crippen LogP contribution in [0.2, 0.25) is 0 Å². The van der Waals surface area contributed by atoms with Crippen molar-refractivity contribution >= 4 is 23.5 Å². The standard InChI is InChI=1S/C23H28N2O4/c1-14-15(2)17(4)22(18(5)16(14)3)23(28)29-13-21(27)25(12-11-20(24)26)19-9-7-6-8-10-19/h6-10H,11-13H2,1-5H3,(H2,24,26). The van der Waals surface area contributed by atoms with E-state index in [1.165, 1.54) is 4.90 Å². The smallest absolute Gasteiger partial charge is 0.339 e. The van der Waals surface area contributed by atoms with Gasteiger partial charge in [0.1, 0.15) is 0 Å². The molecule has 2 rings (SSSR count). The van der Waals surface area contributed by atoms with Crippen molar-refractivity contribution in [2.75, 3.05) is 18.1 Å². The molecular weight excluding hydrogens is 368 g/mol. The Morgan fingerprint density at radius 2 is 1.38 bits per heavy atom. The molecular formula is C23H28N2O4. The zero-order valence-electron chi connectivity index (χ0n) is 17.7. The molecule has 0 aliphatic carbocycles. The predicted molar refractivity (Wildman–Crippen MR) is 113 cm³/mol. The SMILES string of the molecule is Cc1c(C)c(C)c(C(=O)OCC(=O)N(CCC(N)=O)c2ccccc2)c(C)c1C. The van der Waals surface area contributed by atoms with E-state index in [-0.39, 0.29) is 13.0 Å². The average molecular weight is 396 g/mol. The van der Waals surface area contributed by atoms with Crippen LogP contribution in [0.25, 0.3) is 0 Å². The van der Waals surface area contributed by atoms with Crippen molar-refractivity contribution in [3.63, 3.8) is 0 Å². The molecule has 0 fully saturated rings. The number of esters is 1. The van der Waals surface area contributed by atoms with Gasteiger partial charge in [0, 0.05) is 18.7 Å². The maximum atomic E-state index is 12.8. The van der Waals surface area contributed by atoms with Crippen LogP contribution in [0.1, 0.15) is 44.6 Å². The number of benzene rings is 2. The van der Waals surface area contributed by atoms with Crippen LogP contribution in [-0.4, -0.2) is 30.9 Å². The fourth-order valence-corrected chi connectivity index (χ4v) is 3.31. The van der Waals surface area contributed by atoms with Crippen molar-refractivity contribution in [1.82, 2.24) is 0 Å². The van der Waals surface area contributed by atoms with Crippen LogP contribution in [0, 0.1) is 34.6 Å². The summed E-state index contributed by atoms with van der Waals surface area (Å²) in [6.07, 6.45) is 0.0170. The molecule has 0 atom stereocenters. The third-order valence-corrected chi connectivity index (χ3v) is 5.48. The summed E-state index contributed by atoms with van der Waals surface area (Å²) in [4.78, 5) is 38.1. The van der Waals surface area contributed by atoms with Crippen molar-refractivity contribution in [3.05, 3.63) is 63.7 Å². The van der Waals surface area contributed by atoms with Gasteiger partial charge in [-0.3, -0.25) is 9.59 Å². The fourth-order valence-electron chi connectivity index (χ4n) is 3.31. The van der Waals surface area contributed by atoms with E-state index in [1.54, 1.807) is 24.3 Å². The largest absolute Gasteiger partial charge is 0.452 e. The van der Waals surface area contributed by atoms with Crippen molar-refractivity contribution < 1.29 is 19.1 Å². The van der Waals surface area contributed by atoms with Crippen molar-refractivity contribution in [2.24, 2.45) is 5.73 Å². The quantitative estimate of drug-likeness (QED) is 0.727. The summed E-state index contributed by atoms with van der Waals surface area (Å²) in [5, 5.41) is 0. The summed E-state index contributed by atoms with van der Waals surface area (Å²) in [6.45, 7) is 9.44. The molecule has 2 N–H and O–H groups in total. The van der Waals surface area contributed by atoms with Gasteiger partial charge < -0.3 is 15.4 Å². The van der Waals surface area contributed by atoms with Gasteiger partial charge in [0.25, 0.3) is 5.91 Å². The minimum atomic E-state index is -0.525. The highest BCUT2D eigenvalue weighted by Crippen LogP contribution is 2.26. The van der Waals surface area contributed by atoms with E-state index in [0.29, 0.717) is 11.3 Å². The van der Waals surface area contributed by atoms with Crippen LogP contribution in [0.3, 0.4) is 0 Å². The zero-order valence-corrected chi connectivity index (χ0v) is 17.7. The van der Waals surface area contributed by atoms with Crippen LogP contribution < -0.4 is 10.6 Å². The monoisotopic (exact) mass is 396 g/mol. The molecule has 0 aliphatic rings. The zero-order chi connectivity index (χ0) is 21.7. The second kappa shape index (κ2) is 9.37. The molecule has 29 heavy (non-hydrogen) atoms. The van der Waals surface area contributed by atoms with E-state index in [2.05, 4.69) is 0 Å². The molecule has 0 saturated carbocycles. The number of amides is 2. The summed E-state index contributed by atoms with van der Waals surface area (Å²) < 4.78 is 5.36. The van der Waals surface area contributed by atoms with E-state index in [0.717, 1.165) is 27.8 Å². The number of rotatable bonds is 7. The van der Waals surface area contributed by atoms with Crippen LogP contribution in [-0.2, 0) is 14.3 Å². The lowest BCUT2D eigenvalue weighted by atomic mass is 9.90. The molecule has 154 valence electrons. The first-order valence-corrected chi connectivity index (χ1v) is 9.53. The Morgan fingerprint density at radius 3 is 1.90 bits per heavy atom. The van der Waals surface area contributed by atoms with Crippen LogP contribution >= 0.6 is 0 Å². The molecule has 0 bridgehead atoms. The van der Waals surface area contributed by atoms with Crippen molar-refractivity contribution in [3.8, 4) is 0 Å². The van der Waals surface area contributed by atoms with Gasteiger partial charge in [-0.25, -0.2) is 4.79 Å². The molecule has 0 radical (unpaired) electrons. The maximum Gasteiger partial charge on any atom is 0.339 e. The van der Waals surface area contributed by atoms with Gasteiger partial charge in [0.15, 0.2) is 6.61 Å². The van der Waals surface area contributed by atoms with E-state index in [1.807, 2.05) is 40.7 Å². The summed E-state index contributed by atoms with van der Waals surface area (Å²) in [7, 11) is 0. The first kappa shape index (κ1) is 22.1. The Hall–Kier alpha value is -3.15. The Balaban J connectivity index is 2.20. The summed E-state index contributed by atoms with van der Waals surface area (Å²) in [5.74, 6) is -1.45. The topological polar surface area (TPSA) is 89.7 Å². The highest BCUT2D eigenvalue weighted by atomic mass is 16.5. The predicted octanol–water partition coefficient (Wildman–Crippen LogP) is 3.29. The molecule has 2 amide bonds. The number of ether oxygens (including phenoxy) is 1. The minimum absolute atomic E-state index is 0.0170. The molecule has 0 spiro atoms. The molecule has 0 saturated heterocycles. The number of nitrogens with zero attached hydrogens (tertiary/aromatic N) is 1. The van der Waals surface area contributed by atoms with Crippen molar-refractivity contribution in [1.29, 1.82) is 0 Å². The second-order valence-electron chi connectivity index (χ2n) is 7.17. The van der Waals surface area contributed by atoms with Crippen LogP contribution in [0.15, 0.2) is 30.3 Å². The van der Waals surface area contributed by atoms with Gasteiger partial charge in [0.2, 0.25) is 5.91 Å². The van der Waals surface area contributed by atoms with E-state index >= 15 is 0 Å². The first-order chi connectivity index (χ1) is 13.6. The number of anilines is 1. The average Bonchev–Trinajstić information content (AvgIpc) is 2.70. The summed E-state index contributed by atoms with van der Waals surface area (Å²) >= 11 is 0. The molecule has 6 heteroatoms. The number of hydrogen-bond acceptors (Lipinski definition) is 4. The number of carbonyl (C=O) groups is 3. The lowest BCUT2D eigenvalue weighted by Crippen LogP contribution is -2.37. The van der Waals surface area contributed by atoms with Gasteiger partial charge in [-0.1, -0.05) is 18.2 Å². The Labute approximate surface area is 171 Å². The number of carbonyl (C=O) groups excluding carboxylic acids is 3. The van der Waals surface area contributed by atoms with Gasteiger partial charge >= 0.3 is 5.97 Å².